The minimum atomic E-state index is -0.210. The third kappa shape index (κ3) is 2.11. The van der Waals surface area contributed by atoms with Gasteiger partial charge in [0, 0.05) is 17.3 Å². The van der Waals surface area contributed by atoms with Crippen LogP contribution in [0.1, 0.15) is 31.7 Å². The zero-order valence-electron chi connectivity index (χ0n) is 15.1. The number of para-hydroxylation sites is 1. The molecule has 0 bridgehead atoms. The molecule has 0 amide bonds. The van der Waals surface area contributed by atoms with Crippen molar-refractivity contribution in [2.45, 2.75) is 31.6 Å². The summed E-state index contributed by atoms with van der Waals surface area (Å²) in [6, 6.07) is 8.79. The fourth-order valence-electron chi connectivity index (χ4n) is 4.75. The molecule has 1 aromatic carbocycles. The topological polar surface area (TPSA) is 12.0 Å². The Morgan fingerprint density at radius 3 is 2.92 bits per heavy atom. The van der Waals surface area contributed by atoms with Gasteiger partial charge in [0.25, 0.3) is 0 Å². The number of allylic oxidation sites excluding steroid dienone is 10. The SMILES string of the molecule is CC1C=CC(C2(C3=CC=CCC3)C3=C(C=C=C3)Nc3ccccc32)=CC1. The minimum Gasteiger partial charge on any atom is -0.354 e. The number of fused-ring (bicyclic) bond motifs is 1. The molecule has 1 N–H and O–H groups in total. The summed E-state index contributed by atoms with van der Waals surface area (Å²) in [7, 11) is 0. The van der Waals surface area contributed by atoms with Crippen LogP contribution in [0.3, 0.4) is 0 Å². The predicted octanol–water partition coefficient (Wildman–Crippen LogP) is 6.13. The lowest BCUT2D eigenvalue weighted by molar-refractivity contribution is 0.641. The first-order valence-electron chi connectivity index (χ1n) is 9.59. The van der Waals surface area contributed by atoms with Crippen LogP contribution in [0.25, 0.3) is 0 Å². The maximum absolute atomic E-state index is 3.63. The van der Waals surface area contributed by atoms with Crippen LogP contribution in [-0.4, -0.2) is 0 Å². The summed E-state index contributed by atoms with van der Waals surface area (Å²) in [5, 5.41) is 3.63. The highest BCUT2D eigenvalue weighted by Gasteiger charge is 2.47. The highest BCUT2D eigenvalue weighted by molar-refractivity contribution is 5.78. The molecule has 1 nitrogen and oxygen atoms in total. The molecule has 2 atom stereocenters. The second-order valence-electron chi connectivity index (χ2n) is 7.59. The van der Waals surface area contributed by atoms with E-state index in [0.717, 1.165) is 19.3 Å². The van der Waals surface area contributed by atoms with Crippen molar-refractivity contribution in [3.63, 3.8) is 0 Å². The van der Waals surface area contributed by atoms with Gasteiger partial charge in [0.15, 0.2) is 0 Å². The van der Waals surface area contributed by atoms with Gasteiger partial charge in [-0.25, -0.2) is 0 Å². The molecule has 3 aliphatic carbocycles. The Balaban J connectivity index is 1.84. The lowest BCUT2D eigenvalue weighted by atomic mass is 9.59. The quantitative estimate of drug-likeness (QED) is 0.640. The molecule has 1 heteroatoms. The van der Waals surface area contributed by atoms with Crippen molar-refractivity contribution < 1.29 is 0 Å². The molecule has 5 rings (SSSR count). The molecule has 1 heterocycles. The summed E-state index contributed by atoms with van der Waals surface area (Å²) in [6.45, 7) is 2.29. The average molecular weight is 337 g/mol. The Bertz CT molecular complexity index is 989. The van der Waals surface area contributed by atoms with E-state index < -0.39 is 0 Å². The number of hydrogen-bond donors (Lipinski definition) is 1. The van der Waals surface area contributed by atoms with E-state index in [9.17, 15) is 0 Å². The lowest BCUT2D eigenvalue weighted by Gasteiger charge is -2.45. The molecule has 4 aliphatic rings. The number of benzene rings is 1. The molecule has 0 radical (unpaired) electrons. The normalized spacial score (nSPS) is 28.4. The van der Waals surface area contributed by atoms with Gasteiger partial charge >= 0.3 is 0 Å². The summed E-state index contributed by atoms with van der Waals surface area (Å²) in [5.74, 6) is 0.610. The molecule has 0 aromatic heterocycles. The second kappa shape index (κ2) is 5.90. The van der Waals surface area contributed by atoms with E-state index in [-0.39, 0.29) is 5.41 Å². The van der Waals surface area contributed by atoms with Crippen LogP contribution in [0, 0.1) is 5.92 Å². The van der Waals surface area contributed by atoms with Gasteiger partial charge in [-0.1, -0.05) is 67.2 Å². The van der Waals surface area contributed by atoms with Gasteiger partial charge in [-0.3, -0.25) is 0 Å². The molecule has 0 saturated heterocycles. The van der Waals surface area contributed by atoms with Crippen LogP contribution in [0.5, 0.6) is 0 Å². The molecular formula is C25H23N. The highest BCUT2D eigenvalue weighted by Crippen LogP contribution is 2.55. The molecule has 2 unspecified atom stereocenters. The Labute approximate surface area is 155 Å². The largest absolute Gasteiger partial charge is 0.354 e. The third-order valence-electron chi connectivity index (χ3n) is 5.99. The predicted molar refractivity (Wildman–Crippen MR) is 109 cm³/mol. The maximum Gasteiger partial charge on any atom is 0.0708 e. The van der Waals surface area contributed by atoms with Crippen LogP contribution >= 0.6 is 0 Å². The highest BCUT2D eigenvalue weighted by atomic mass is 14.9. The summed E-state index contributed by atoms with van der Waals surface area (Å²) >= 11 is 0. The first-order valence-corrected chi connectivity index (χ1v) is 9.59. The van der Waals surface area contributed by atoms with E-state index in [2.05, 4.69) is 90.8 Å². The fraction of sp³-hybridized carbons (Fsp3) is 0.240. The van der Waals surface area contributed by atoms with Crippen molar-refractivity contribution in [2.24, 2.45) is 5.92 Å². The molecule has 1 aliphatic heterocycles. The Hall–Kier alpha value is -2.76. The fourth-order valence-corrected chi connectivity index (χ4v) is 4.75. The van der Waals surface area contributed by atoms with Crippen molar-refractivity contribution in [2.75, 3.05) is 5.32 Å². The van der Waals surface area contributed by atoms with Crippen LogP contribution in [0.15, 0.2) is 101 Å². The number of rotatable bonds is 2. The number of hydrogen-bond acceptors (Lipinski definition) is 1. The summed E-state index contributed by atoms with van der Waals surface area (Å²) in [5.41, 5.74) is 11.1. The van der Waals surface area contributed by atoms with E-state index in [1.165, 1.54) is 33.7 Å². The van der Waals surface area contributed by atoms with Gasteiger partial charge in [-0.05, 0) is 48.5 Å². The Morgan fingerprint density at radius 1 is 1.19 bits per heavy atom. The van der Waals surface area contributed by atoms with Crippen molar-refractivity contribution >= 4 is 5.69 Å². The minimum absolute atomic E-state index is 0.210. The van der Waals surface area contributed by atoms with Crippen molar-refractivity contribution in [3.05, 3.63) is 107 Å². The maximum atomic E-state index is 3.63. The van der Waals surface area contributed by atoms with Gasteiger partial charge in [-0.2, -0.15) is 0 Å². The molecule has 1 aromatic rings. The van der Waals surface area contributed by atoms with Gasteiger partial charge < -0.3 is 5.32 Å². The zero-order chi connectivity index (χ0) is 17.6. The Kier molecular flexibility index (Phi) is 3.51. The smallest absolute Gasteiger partial charge is 0.0708 e. The number of nitrogens with one attached hydrogen (secondary N) is 1. The first-order chi connectivity index (χ1) is 12.8. The van der Waals surface area contributed by atoms with E-state index in [0.29, 0.717) is 5.92 Å². The van der Waals surface area contributed by atoms with Crippen molar-refractivity contribution in [1.29, 1.82) is 0 Å². The summed E-state index contributed by atoms with van der Waals surface area (Å²) < 4.78 is 0. The van der Waals surface area contributed by atoms with E-state index in [4.69, 9.17) is 0 Å². The summed E-state index contributed by atoms with van der Waals surface area (Å²) in [4.78, 5) is 0. The molecule has 26 heavy (non-hydrogen) atoms. The van der Waals surface area contributed by atoms with Crippen LogP contribution < -0.4 is 5.32 Å². The van der Waals surface area contributed by atoms with Gasteiger partial charge in [0.2, 0.25) is 0 Å². The molecular weight excluding hydrogens is 314 g/mol. The standard InChI is InChI=1S/C25H23N/c1-18-14-16-20(17-15-18)25(19-8-3-2-4-9-19)21-10-5-6-12-23(21)26-24-13-7-11-22(24)25/h2-3,5-6,8,10-14,16-18,26H,4,9,15H2,1H3. The van der Waals surface area contributed by atoms with E-state index >= 15 is 0 Å². The summed E-state index contributed by atoms with van der Waals surface area (Å²) in [6.07, 6.45) is 21.6. The van der Waals surface area contributed by atoms with Crippen LogP contribution in [-0.2, 0) is 5.41 Å². The van der Waals surface area contributed by atoms with Crippen LogP contribution in [0.4, 0.5) is 5.69 Å². The van der Waals surface area contributed by atoms with Crippen molar-refractivity contribution in [1.82, 2.24) is 0 Å². The lowest BCUT2D eigenvalue weighted by Crippen LogP contribution is -2.38. The van der Waals surface area contributed by atoms with Crippen LogP contribution in [0.2, 0.25) is 0 Å². The average Bonchev–Trinajstić information content (AvgIpc) is 3.16. The Morgan fingerprint density at radius 2 is 2.12 bits per heavy atom. The third-order valence-corrected chi connectivity index (χ3v) is 5.99. The number of anilines is 1. The van der Waals surface area contributed by atoms with Gasteiger partial charge in [0.1, 0.15) is 0 Å². The molecule has 0 saturated carbocycles. The van der Waals surface area contributed by atoms with E-state index in [1.807, 2.05) is 0 Å². The second-order valence-corrected chi connectivity index (χ2v) is 7.59. The monoisotopic (exact) mass is 337 g/mol. The molecule has 0 spiro atoms. The molecule has 128 valence electrons. The van der Waals surface area contributed by atoms with Crippen molar-refractivity contribution in [3.8, 4) is 0 Å². The van der Waals surface area contributed by atoms with E-state index in [1.54, 1.807) is 0 Å². The van der Waals surface area contributed by atoms with Gasteiger partial charge in [-0.15, -0.1) is 5.73 Å². The zero-order valence-corrected chi connectivity index (χ0v) is 15.1. The first kappa shape index (κ1) is 15.5. The van der Waals surface area contributed by atoms with Gasteiger partial charge in [0.05, 0.1) is 11.1 Å². The molecule has 0 fully saturated rings.